The highest BCUT2D eigenvalue weighted by molar-refractivity contribution is 5.86. The fraction of sp³-hybridized carbons (Fsp3) is 0.611. The average molecular weight is 258 g/mol. The van der Waals surface area contributed by atoms with Crippen LogP contribution in [-0.4, -0.2) is 5.78 Å². The molecule has 0 heterocycles. The van der Waals surface area contributed by atoms with E-state index >= 15 is 0 Å². The van der Waals surface area contributed by atoms with Crippen LogP contribution in [-0.2, 0) is 11.2 Å². The van der Waals surface area contributed by atoms with E-state index in [0.29, 0.717) is 11.7 Å². The minimum absolute atomic E-state index is 0.170. The molecule has 1 aliphatic rings. The van der Waals surface area contributed by atoms with Crippen molar-refractivity contribution in [1.29, 1.82) is 0 Å². The van der Waals surface area contributed by atoms with Crippen molar-refractivity contribution in [2.75, 3.05) is 0 Å². The molecule has 1 fully saturated rings. The second kappa shape index (κ2) is 6.88. The molecule has 0 unspecified atom stereocenters. The van der Waals surface area contributed by atoms with E-state index < -0.39 is 0 Å². The summed E-state index contributed by atoms with van der Waals surface area (Å²) in [6.07, 6.45) is 7.91. The maximum atomic E-state index is 12.3. The van der Waals surface area contributed by atoms with Crippen LogP contribution < -0.4 is 0 Å². The summed E-state index contributed by atoms with van der Waals surface area (Å²) >= 11 is 0. The highest BCUT2D eigenvalue weighted by Crippen LogP contribution is 2.35. The third-order valence-corrected chi connectivity index (χ3v) is 4.50. The fourth-order valence-electron chi connectivity index (χ4n) is 3.17. The Hall–Kier alpha value is -1.11. The molecule has 1 heteroatoms. The van der Waals surface area contributed by atoms with E-state index in [2.05, 4.69) is 38.1 Å². The molecule has 0 saturated heterocycles. The molecule has 2 atom stereocenters. The van der Waals surface area contributed by atoms with Gasteiger partial charge in [0.15, 0.2) is 0 Å². The maximum absolute atomic E-state index is 12.3. The standard InChI is InChI=1S/C18H26O/c1-3-5-6-15-9-12-17(18(19)13-15)16-10-7-14(4-2)8-11-16/h7-8,10-11,15,17H,3-6,9,12-13H2,1-2H3/t15-,17+/m0/s1. The number of Topliss-reactive ketones (excluding diaryl/α,β-unsaturated/α-hetero) is 1. The van der Waals surface area contributed by atoms with Gasteiger partial charge in [-0.25, -0.2) is 0 Å². The lowest BCUT2D eigenvalue weighted by molar-refractivity contribution is -0.123. The van der Waals surface area contributed by atoms with Crippen LogP contribution in [0.5, 0.6) is 0 Å². The van der Waals surface area contributed by atoms with Gasteiger partial charge in [-0.1, -0.05) is 57.4 Å². The first-order chi connectivity index (χ1) is 9.24. The molecule has 1 nitrogen and oxygen atoms in total. The smallest absolute Gasteiger partial charge is 0.140 e. The third-order valence-electron chi connectivity index (χ3n) is 4.50. The third kappa shape index (κ3) is 3.68. The van der Waals surface area contributed by atoms with Crippen molar-refractivity contribution in [3.8, 4) is 0 Å². The van der Waals surface area contributed by atoms with Crippen LogP contribution in [0.3, 0.4) is 0 Å². The van der Waals surface area contributed by atoms with Crippen molar-refractivity contribution in [1.82, 2.24) is 0 Å². The highest BCUT2D eigenvalue weighted by Gasteiger charge is 2.29. The van der Waals surface area contributed by atoms with Crippen molar-refractivity contribution in [3.05, 3.63) is 35.4 Å². The van der Waals surface area contributed by atoms with Crippen LogP contribution in [0.1, 0.15) is 69.4 Å². The zero-order chi connectivity index (χ0) is 13.7. The van der Waals surface area contributed by atoms with Crippen molar-refractivity contribution < 1.29 is 4.79 Å². The SMILES string of the molecule is CCCC[C@H]1CC[C@H](c2ccc(CC)cc2)C(=O)C1. The Morgan fingerprint density at radius 3 is 2.42 bits per heavy atom. The number of ketones is 1. The predicted molar refractivity (Wildman–Crippen MR) is 80.4 cm³/mol. The van der Waals surface area contributed by atoms with Gasteiger partial charge in [-0.15, -0.1) is 0 Å². The average Bonchev–Trinajstić information content (AvgIpc) is 2.45. The van der Waals surface area contributed by atoms with Gasteiger partial charge in [0.25, 0.3) is 0 Å². The Labute approximate surface area is 117 Å². The number of carbonyl (C=O) groups excluding carboxylic acids is 1. The van der Waals surface area contributed by atoms with Crippen molar-refractivity contribution in [2.45, 2.75) is 64.7 Å². The van der Waals surface area contributed by atoms with Gasteiger partial charge in [0.1, 0.15) is 5.78 Å². The minimum Gasteiger partial charge on any atom is -0.299 e. The number of hydrogen-bond acceptors (Lipinski definition) is 1. The molecule has 0 N–H and O–H groups in total. The Balaban J connectivity index is 1.97. The summed E-state index contributed by atoms with van der Waals surface area (Å²) in [6, 6.07) is 8.67. The topological polar surface area (TPSA) is 17.1 Å². The lowest BCUT2D eigenvalue weighted by atomic mass is 9.76. The second-order valence-corrected chi connectivity index (χ2v) is 5.90. The van der Waals surface area contributed by atoms with E-state index in [9.17, 15) is 4.79 Å². The predicted octanol–water partition coefficient (Wildman–Crippen LogP) is 4.89. The number of benzene rings is 1. The Bertz CT molecular complexity index is 404. The quantitative estimate of drug-likeness (QED) is 0.734. The Kier molecular flexibility index (Phi) is 5.18. The van der Waals surface area contributed by atoms with Crippen LogP contribution in [0.4, 0.5) is 0 Å². The van der Waals surface area contributed by atoms with Crippen LogP contribution in [0, 0.1) is 5.92 Å². The van der Waals surface area contributed by atoms with Crippen LogP contribution in [0.25, 0.3) is 0 Å². The van der Waals surface area contributed by atoms with E-state index in [4.69, 9.17) is 0 Å². The van der Waals surface area contributed by atoms with Crippen molar-refractivity contribution in [2.24, 2.45) is 5.92 Å². The van der Waals surface area contributed by atoms with Gasteiger partial charge in [-0.2, -0.15) is 0 Å². The summed E-state index contributed by atoms with van der Waals surface area (Å²) in [4.78, 5) is 12.3. The molecule has 0 amide bonds. The number of aryl methyl sites for hydroxylation is 1. The van der Waals surface area contributed by atoms with Crippen LogP contribution >= 0.6 is 0 Å². The fourth-order valence-corrected chi connectivity index (χ4v) is 3.17. The summed E-state index contributed by atoms with van der Waals surface area (Å²) in [7, 11) is 0. The molecule has 0 aromatic heterocycles. The van der Waals surface area contributed by atoms with Gasteiger partial charge in [0, 0.05) is 12.3 Å². The normalized spacial score (nSPS) is 23.6. The molecule has 0 spiro atoms. The van der Waals surface area contributed by atoms with Crippen LogP contribution in [0.15, 0.2) is 24.3 Å². The van der Waals surface area contributed by atoms with Gasteiger partial charge in [-0.05, 0) is 36.3 Å². The molecule has 0 radical (unpaired) electrons. The van der Waals surface area contributed by atoms with Gasteiger partial charge < -0.3 is 0 Å². The van der Waals surface area contributed by atoms with E-state index in [-0.39, 0.29) is 5.92 Å². The molecule has 1 saturated carbocycles. The first-order valence-corrected chi connectivity index (χ1v) is 7.86. The van der Waals surface area contributed by atoms with Crippen molar-refractivity contribution in [3.63, 3.8) is 0 Å². The molecule has 1 aromatic rings. The molecule has 1 aliphatic carbocycles. The molecular weight excluding hydrogens is 232 g/mol. The van der Waals surface area contributed by atoms with E-state index in [0.717, 1.165) is 19.3 Å². The zero-order valence-corrected chi connectivity index (χ0v) is 12.3. The molecule has 1 aromatic carbocycles. The Morgan fingerprint density at radius 2 is 1.84 bits per heavy atom. The molecule has 2 rings (SSSR count). The summed E-state index contributed by atoms with van der Waals surface area (Å²) in [5.74, 6) is 1.29. The lowest BCUT2D eigenvalue weighted by Crippen LogP contribution is -2.23. The van der Waals surface area contributed by atoms with Crippen LogP contribution in [0.2, 0.25) is 0 Å². The molecule has 104 valence electrons. The summed E-state index contributed by atoms with van der Waals surface area (Å²) < 4.78 is 0. The first-order valence-electron chi connectivity index (χ1n) is 7.86. The Morgan fingerprint density at radius 1 is 1.11 bits per heavy atom. The monoisotopic (exact) mass is 258 g/mol. The lowest BCUT2D eigenvalue weighted by Gasteiger charge is -2.27. The van der Waals surface area contributed by atoms with Gasteiger partial charge in [0.05, 0.1) is 0 Å². The molecule has 0 aliphatic heterocycles. The number of rotatable bonds is 5. The van der Waals surface area contributed by atoms with Gasteiger partial charge >= 0.3 is 0 Å². The summed E-state index contributed by atoms with van der Waals surface area (Å²) in [6.45, 7) is 4.39. The minimum atomic E-state index is 0.170. The maximum Gasteiger partial charge on any atom is 0.140 e. The second-order valence-electron chi connectivity index (χ2n) is 5.90. The highest BCUT2D eigenvalue weighted by atomic mass is 16.1. The van der Waals surface area contributed by atoms with E-state index in [1.807, 2.05) is 0 Å². The largest absolute Gasteiger partial charge is 0.299 e. The molecule has 19 heavy (non-hydrogen) atoms. The molecular formula is C18H26O. The number of carbonyl (C=O) groups is 1. The van der Waals surface area contributed by atoms with E-state index in [1.54, 1.807) is 0 Å². The number of unbranched alkanes of at least 4 members (excludes halogenated alkanes) is 1. The number of hydrogen-bond donors (Lipinski definition) is 0. The van der Waals surface area contributed by atoms with Gasteiger partial charge in [-0.3, -0.25) is 4.79 Å². The zero-order valence-electron chi connectivity index (χ0n) is 12.3. The first kappa shape index (κ1) is 14.3. The molecule has 0 bridgehead atoms. The van der Waals surface area contributed by atoms with Crippen molar-refractivity contribution >= 4 is 5.78 Å². The van der Waals surface area contributed by atoms with Gasteiger partial charge in [0.2, 0.25) is 0 Å². The van der Waals surface area contributed by atoms with E-state index in [1.165, 1.54) is 36.8 Å². The summed E-state index contributed by atoms with van der Waals surface area (Å²) in [5.41, 5.74) is 2.59. The summed E-state index contributed by atoms with van der Waals surface area (Å²) in [5, 5.41) is 0.